The molecule has 0 aliphatic heterocycles. The van der Waals surface area contributed by atoms with Crippen LogP contribution >= 0.6 is 0 Å². The molecule has 2 heteroatoms. The van der Waals surface area contributed by atoms with Crippen LogP contribution in [0.3, 0.4) is 0 Å². The number of terminal acetylenes is 1. The minimum Gasteiger partial charge on any atom is -0.308 e. The molecule has 0 bridgehead atoms. The maximum Gasteiger partial charge on any atom is 0.224 e. The van der Waals surface area contributed by atoms with E-state index >= 15 is 0 Å². The number of nitrogens with one attached hydrogen (secondary N) is 1. The Morgan fingerprint density at radius 3 is 2.22 bits per heavy atom. The second-order valence-corrected chi connectivity index (χ2v) is 2.35. The quantitative estimate of drug-likeness (QED) is 0.421. The Morgan fingerprint density at radius 1 is 1.67 bits per heavy atom. The smallest absolute Gasteiger partial charge is 0.224 e. The monoisotopic (exact) mass is 125 g/mol. The Balaban J connectivity index is 4.19. The third-order valence-electron chi connectivity index (χ3n) is 1.32. The van der Waals surface area contributed by atoms with Crippen molar-refractivity contribution in [2.45, 2.75) is 19.4 Å². The van der Waals surface area contributed by atoms with E-state index in [1.807, 2.05) is 0 Å². The number of Topliss-reactive ketones (excluding diaryl/α,β-unsaturated/α-hetero) is 1. The van der Waals surface area contributed by atoms with Gasteiger partial charge >= 0.3 is 0 Å². The number of likely N-dealkylation sites (N-methyl/N-ethyl adjacent to an activating group) is 1. The summed E-state index contributed by atoms with van der Waals surface area (Å²) in [6.45, 7) is 3.49. The van der Waals surface area contributed by atoms with Gasteiger partial charge in [-0.15, -0.1) is 6.42 Å². The fourth-order valence-corrected chi connectivity index (χ4v) is 0.294. The zero-order valence-corrected chi connectivity index (χ0v) is 5.99. The van der Waals surface area contributed by atoms with Crippen LogP contribution in [-0.2, 0) is 4.79 Å². The summed E-state index contributed by atoms with van der Waals surface area (Å²) in [4.78, 5) is 10.8. The van der Waals surface area contributed by atoms with Crippen LogP contribution in [0.4, 0.5) is 0 Å². The molecule has 0 aliphatic rings. The van der Waals surface area contributed by atoms with Crippen molar-refractivity contribution in [2.75, 3.05) is 7.05 Å². The average molecular weight is 125 g/mol. The lowest BCUT2D eigenvalue weighted by Crippen LogP contribution is -2.43. The summed E-state index contributed by atoms with van der Waals surface area (Å²) in [6, 6.07) is 0. The standard InChI is InChI=1S/C7H11NO/c1-5-6(9)7(2,3)8-4/h1,8H,2-4H3. The van der Waals surface area contributed by atoms with Gasteiger partial charge in [-0.1, -0.05) is 0 Å². The minimum atomic E-state index is -0.575. The molecule has 0 radical (unpaired) electrons. The van der Waals surface area contributed by atoms with Gasteiger partial charge in [-0.2, -0.15) is 0 Å². The van der Waals surface area contributed by atoms with Gasteiger partial charge < -0.3 is 5.32 Å². The summed E-state index contributed by atoms with van der Waals surface area (Å²) >= 11 is 0. The summed E-state index contributed by atoms with van der Waals surface area (Å²) < 4.78 is 0. The maximum atomic E-state index is 10.8. The van der Waals surface area contributed by atoms with Crippen molar-refractivity contribution in [1.82, 2.24) is 5.32 Å². The van der Waals surface area contributed by atoms with Crippen LogP contribution in [0.1, 0.15) is 13.8 Å². The van der Waals surface area contributed by atoms with Crippen molar-refractivity contribution in [3.05, 3.63) is 0 Å². The first-order valence-corrected chi connectivity index (χ1v) is 2.74. The van der Waals surface area contributed by atoms with Gasteiger partial charge in [0.25, 0.3) is 0 Å². The van der Waals surface area contributed by atoms with Gasteiger partial charge in [-0.3, -0.25) is 4.79 Å². The van der Waals surface area contributed by atoms with E-state index in [9.17, 15) is 4.79 Å². The van der Waals surface area contributed by atoms with Crippen LogP contribution in [0, 0.1) is 12.3 Å². The van der Waals surface area contributed by atoms with Crippen molar-refractivity contribution in [1.29, 1.82) is 0 Å². The van der Waals surface area contributed by atoms with Gasteiger partial charge in [0.15, 0.2) is 0 Å². The highest BCUT2D eigenvalue weighted by Crippen LogP contribution is 2.00. The van der Waals surface area contributed by atoms with Gasteiger partial charge in [0.05, 0.1) is 5.54 Å². The molecule has 0 atom stereocenters. The lowest BCUT2D eigenvalue weighted by atomic mass is 10.0. The first-order chi connectivity index (χ1) is 4.04. The molecule has 0 amide bonds. The Kier molecular flexibility index (Phi) is 2.41. The molecule has 0 saturated heterocycles. The molecule has 1 N–H and O–H groups in total. The molecule has 0 rings (SSSR count). The Hall–Kier alpha value is -0.810. The van der Waals surface area contributed by atoms with Crippen molar-refractivity contribution in [3.63, 3.8) is 0 Å². The van der Waals surface area contributed by atoms with Crippen molar-refractivity contribution < 1.29 is 4.79 Å². The zero-order valence-electron chi connectivity index (χ0n) is 5.99. The number of hydrogen-bond acceptors (Lipinski definition) is 2. The molecule has 0 aliphatic carbocycles. The molecule has 2 nitrogen and oxygen atoms in total. The van der Waals surface area contributed by atoms with E-state index in [0.717, 1.165) is 0 Å². The molecule has 9 heavy (non-hydrogen) atoms. The highest BCUT2D eigenvalue weighted by atomic mass is 16.1. The molecule has 0 saturated carbocycles. The highest BCUT2D eigenvalue weighted by molar-refractivity contribution is 6.01. The fourth-order valence-electron chi connectivity index (χ4n) is 0.294. The van der Waals surface area contributed by atoms with Gasteiger partial charge in [0.1, 0.15) is 0 Å². The largest absolute Gasteiger partial charge is 0.308 e. The Labute approximate surface area is 55.6 Å². The lowest BCUT2D eigenvalue weighted by molar-refractivity contribution is -0.118. The van der Waals surface area contributed by atoms with E-state index in [1.54, 1.807) is 20.9 Å². The zero-order chi connectivity index (χ0) is 7.49. The second-order valence-electron chi connectivity index (χ2n) is 2.35. The first-order valence-electron chi connectivity index (χ1n) is 2.74. The normalized spacial score (nSPS) is 10.4. The van der Waals surface area contributed by atoms with Crippen molar-refractivity contribution >= 4 is 5.78 Å². The van der Waals surface area contributed by atoms with Crippen molar-refractivity contribution in [2.24, 2.45) is 0 Å². The van der Waals surface area contributed by atoms with Crippen LogP contribution in [0.25, 0.3) is 0 Å². The molecule has 0 aromatic carbocycles. The summed E-state index contributed by atoms with van der Waals surface area (Å²) in [6.07, 6.45) is 4.89. The average Bonchev–Trinajstić information content (AvgIpc) is 1.86. The molecular formula is C7H11NO. The van der Waals surface area contributed by atoms with Gasteiger partial charge in [0, 0.05) is 0 Å². The summed E-state index contributed by atoms with van der Waals surface area (Å²) in [7, 11) is 1.70. The number of ketones is 1. The van der Waals surface area contributed by atoms with E-state index in [1.165, 1.54) is 0 Å². The molecule has 0 heterocycles. The molecule has 0 aromatic heterocycles. The summed E-state index contributed by atoms with van der Waals surface area (Å²) in [5.74, 6) is 1.84. The Bertz CT molecular complexity index is 153. The van der Waals surface area contributed by atoms with Crippen LogP contribution in [0.5, 0.6) is 0 Å². The topological polar surface area (TPSA) is 29.1 Å². The van der Waals surface area contributed by atoms with Crippen LogP contribution < -0.4 is 5.32 Å². The third kappa shape index (κ3) is 1.87. The van der Waals surface area contributed by atoms with Crippen LogP contribution in [-0.4, -0.2) is 18.4 Å². The fraction of sp³-hybridized carbons (Fsp3) is 0.571. The van der Waals surface area contributed by atoms with Gasteiger partial charge in [-0.05, 0) is 26.8 Å². The highest BCUT2D eigenvalue weighted by Gasteiger charge is 2.22. The SMILES string of the molecule is C#CC(=O)C(C)(C)NC. The summed E-state index contributed by atoms with van der Waals surface area (Å²) in [5, 5.41) is 2.80. The van der Waals surface area contributed by atoms with Gasteiger partial charge in [-0.25, -0.2) is 0 Å². The predicted octanol–water partition coefficient (Wildman–Crippen LogP) is 0.187. The van der Waals surface area contributed by atoms with Crippen molar-refractivity contribution in [3.8, 4) is 12.3 Å². The van der Waals surface area contributed by atoms with Crippen LogP contribution in [0.2, 0.25) is 0 Å². The third-order valence-corrected chi connectivity index (χ3v) is 1.32. The van der Waals surface area contributed by atoms with E-state index in [0.29, 0.717) is 0 Å². The minimum absolute atomic E-state index is 0.218. The lowest BCUT2D eigenvalue weighted by Gasteiger charge is -2.17. The predicted molar refractivity (Wildman–Crippen MR) is 37.0 cm³/mol. The maximum absolute atomic E-state index is 10.8. The number of rotatable bonds is 2. The number of hydrogen-bond donors (Lipinski definition) is 1. The molecule has 0 aromatic rings. The van der Waals surface area contributed by atoms with E-state index < -0.39 is 5.54 Å². The molecule has 0 fully saturated rings. The molecule has 0 unspecified atom stereocenters. The number of carbonyl (C=O) groups excluding carboxylic acids is 1. The van der Waals surface area contributed by atoms with E-state index in [2.05, 4.69) is 11.2 Å². The first kappa shape index (κ1) is 8.19. The van der Waals surface area contributed by atoms with E-state index in [-0.39, 0.29) is 5.78 Å². The molecular weight excluding hydrogens is 114 g/mol. The van der Waals surface area contributed by atoms with Gasteiger partial charge in [0.2, 0.25) is 5.78 Å². The van der Waals surface area contributed by atoms with E-state index in [4.69, 9.17) is 6.42 Å². The second kappa shape index (κ2) is 2.65. The molecule has 50 valence electrons. The number of carbonyl (C=O) groups is 1. The summed E-state index contributed by atoms with van der Waals surface area (Å²) in [5.41, 5.74) is -0.575. The molecule has 0 spiro atoms. The van der Waals surface area contributed by atoms with Crippen LogP contribution in [0.15, 0.2) is 0 Å². The Morgan fingerprint density at radius 2 is 2.11 bits per heavy atom.